The second-order valence-corrected chi connectivity index (χ2v) is 5.99. The van der Waals surface area contributed by atoms with Gasteiger partial charge in [-0.3, -0.25) is 9.59 Å². The van der Waals surface area contributed by atoms with Crippen LogP contribution < -0.4 is 4.90 Å². The number of hydrogen-bond acceptors (Lipinski definition) is 3. The van der Waals surface area contributed by atoms with Crippen LogP contribution in [0.5, 0.6) is 0 Å². The van der Waals surface area contributed by atoms with Crippen LogP contribution in [0.2, 0.25) is 0 Å². The molecule has 1 saturated heterocycles. The lowest BCUT2D eigenvalue weighted by Gasteiger charge is -2.17. The van der Waals surface area contributed by atoms with Gasteiger partial charge in [0.25, 0.3) is 0 Å². The van der Waals surface area contributed by atoms with Crippen LogP contribution in [0.1, 0.15) is 24.5 Å². The number of imide groups is 1. The second-order valence-electron chi connectivity index (χ2n) is 4.51. The molecular formula is C14H17NO2S. The molecule has 1 aliphatic heterocycles. The van der Waals surface area contributed by atoms with Crippen molar-refractivity contribution in [3.05, 3.63) is 29.3 Å². The van der Waals surface area contributed by atoms with Crippen LogP contribution in [0.25, 0.3) is 0 Å². The molecule has 0 radical (unpaired) electrons. The first-order chi connectivity index (χ1) is 8.54. The molecule has 0 saturated carbocycles. The fourth-order valence-corrected chi connectivity index (χ4v) is 3.16. The average Bonchev–Trinajstić information content (AvgIpc) is 2.56. The van der Waals surface area contributed by atoms with E-state index >= 15 is 0 Å². The first-order valence-corrected chi connectivity index (χ1v) is 7.15. The minimum atomic E-state index is -0.205. The molecule has 0 N–H and O–H groups in total. The van der Waals surface area contributed by atoms with Crippen LogP contribution >= 0.6 is 11.8 Å². The zero-order chi connectivity index (χ0) is 13.3. The molecular weight excluding hydrogens is 246 g/mol. The number of amides is 2. The van der Waals surface area contributed by atoms with Crippen molar-refractivity contribution < 1.29 is 9.59 Å². The van der Waals surface area contributed by atoms with Crippen molar-refractivity contribution in [1.82, 2.24) is 0 Å². The van der Waals surface area contributed by atoms with Crippen molar-refractivity contribution >= 4 is 29.3 Å². The number of benzene rings is 1. The van der Waals surface area contributed by atoms with Crippen LogP contribution in [0.3, 0.4) is 0 Å². The Bertz CT molecular complexity index is 499. The van der Waals surface area contributed by atoms with E-state index in [1.54, 1.807) is 11.8 Å². The van der Waals surface area contributed by atoms with Crippen LogP contribution in [0.15, 0.2) is 18.2 Å². The molecule has 0 aliphatic carbocycles. The van der Waals surface area contributed by atoms with E-state index in [2.05, 4.69) is 0 Å². The average molecular weight is 263 g/mol. The molecule has 0 bridgehead atoms. The number of carbonyl (C=O) groups is 2. The van der Waals surface area contributed by atoms with Crippen molar-refractivity contribution in [2.75, 3.05) is 10.7 Å². The van der Waals surface area contributed by atoms with Gasteiger partial charge in [-0.15, -0.1) is 11.8 Å². The summed E-state index contributed by atoms with van der Waals surface area (Å²) in [6.45, 7) is 5.94. The topological polar surface area (TPSA) is 37.4 Å². The molecule has 18 heavy (non-hydrogen) atoms. The Morgan fingerprint density at radius 3 is 2.67 bits per heavy atom. The van der Waals surface area contributed by atoms with E-state index in [0.29, 0.717) is 6.42 Å². The molecule has 1 fully saturated rings. The predicted molar refractivity (Wildman–Crippen MR) is 74.9 cm³/mol. The molecule has 2 amide bonds. The monoisotopic (exact) mass is 263 g/mol. The molecule has 0 aromatic heterocycles. The van der Waals surface area contributed by atoms with Gasteiger partial charge in [0.2, 0.25) is 11.8 Å². The quantitative estimate of drug-likeness (QED) is 0.787. The van der Waals surface area contributed by atoms with Gasteiger partial charge in [0.05, 0.1) is 10.9 Å². The van der Waals surface area contributed by atoms with E-state index in [1.165, 1.54) is 4.90 Å². The number of hydrogen-bond donors (Lipinski definition) is 0. The molecule has 3 nitrogen and oxygen atoms in total. The number of aryl methyl sites for hydroxylation is 2. The van der Waals surface area contributed by atoms with Gasteiger partial charge in [0, 0.05) is 6.42 Å². The van der Waals surface area contributed by atoms with Crippen molar-refractivity contribution in [1.29, 1.82) is 0 Å². The fraction of sp³-hybridized carbons (Fsp3) is 0.429. The van der Waals surface area contributed by atoms with Gasteiger partial charge in [0.15, 0.2) is 0 Å². The molecule has 1 aliphatic rings. The molecule has 1 atom stereocenters. The van der Waals surface area contributed by atoms with Crippen LogP contribution in [0.4, 0.5) is 5.69 Å². The van der Waals surface area contributed by atoms with E-state index in [1.807, 2.05) is 39.0 Å². The summed E-state index contributed by atoms with van der Waals surface area (Å²) >= 11 is 1.55. The Balaban J connectivity index is 2.33. The van der Waals surface area contributed by atoms with Gasteiger partial charge < -0.3 is 0 Å². The van der Waals surface area contributed by atoms with E-state index in [-0.39, 0.29) is 17.1 Å². The highest BCUT2D eigenvalue weighted by atomic mass is 32.2. The third-order valence-electron chi connectivity index (χ3n) is 3.07. The Labute approximate surface area is 112 Å². The minimum absolute atomic E-state index is 0.0706. The summed E-state index contributed by atoms with van der Waals surface area (Å²) in [5.74, 6) is 0.696. The van der Waals surface area contributed by atoms with Crippen molar-refractivity contribution in [3.8, 4) is 0 Å². The van der Waals surface area contributed by atoms with Gasteiger partial charge in [-0.1, -0.05) is 24.6 Å². The molecule has 1 aromatic carbocycles. The van der Waals surface area contributed by atoms with Crippen LogP contribution in [-0.2, 0) is 9.59 Å². The smallest absolute Gasteiger partial charge is 0.247 e. The van der Waals surface area contributed by atoms with Gasteiger partial charge in [-0.2, -0.15) is 0 Å². The zero-order valence-electron chi connectivity index (χ0n) is 10.9. The Morgan fingerprint density at radius 2 is 2.06 bits per heavy atom. The number of thioether (sulfide) groups is 1. The van der Waals surface area contributed by atoms with Gasteiger partial charge in [-0.25, -0.2) is 4.90 Å². The molecule has 4 heteroatoms. The molecule has 1 unspecified atom stereocenters. The summed E-state index contributed by atoms with van der Waals surface area (Å²) in [4.78, 5) is 25.6. The maximum Gasteiger partial charge on any atom is 0.247 e. The molecule has 1 aromatic rings. The lowest BCUT2D eigenvalue weighted by atomic mass is 10.1. The Morgan fingerprint density at radius 1 is 1.33 bits per heavy atom. The highest BCUT2D eigenvalue weighted by Crippen LogP contribution is 2.31. The van der Waals surface area contributed by atoms with Crippen molar-refractivity contribution in [3.63, 3.8) is 0 Å². The maximum atomic E-state index is 12.2. The first kappa shape index (κ1) is 13.1. The normalized spacial score (nSPS) is 19.7. The predicted octanol–water partition coefficient (Wildman–Crippen LogP) is 2.69. The lowest BCUT2D eigenvalue weighted by molar-refractivity contribution is -0.121. The summed E-state index contributed by atoms with van der Waals surface area (Å²) < 4.78 is 0. The van der Waals surface area contributed by atoms with Crippen LogP contribution in [0, 0.1) is 13.8 Å². The minimum Gasteiger partial charge on any atom is -0.274 e. The van der Waals surface area contributed by atoms with Crippen molar-refractivity contribution in [2.24, 2.45) is 0 Å². The number of carbonyl (C=O) groups excluding carboxylic acids is 2. The summed E-state index contributed by atoms with van der Waals surface area (Å²) in [5, 5.41) is -0.205. The number of anilines is 1. The zero-order valence-corrected chi connectivity index (χ0v) is 11.7. The number of rotatable bonds is 3. The maximum absolute atomic E-state index is 12.2. The van der Waals surface area contributed by atoms with E-state index in [9.17, 15) is 9.59 Å². The third kappa shape index (κ3) is 2.29. The van der Waals surface area contributed by atoms with Crippen LogP contribution in [-0.4, -0.2) is 22.8 Å². The summed E-state index contributed by atoms with van der Waals surface area (Å²) in [6, 6.07) is 5.79. The summed E-state index contributed by atoms with van der Waals surface area (Å²) in [7, 11) is 0. The standard InChI is InChI=1S/C14H17NO2S/c1-4-18-12-8-13(16)15(14(12)17)11-6-5-9(2)7-10(11)3/h5-7,12H,4,8H2,1-3H3. The highest BCUT2D eigenvalue weighted by Gasteiger charge is 2.39. The first-order valence-electron chi connectivity index (χ1n) is 6.10. The molecule has 0 spiro atoms. The van der Waals surface area contributed by atoms with E-state index in [0.717, 1.165) is 22.6 Å². The number of nitrogens with zero attached hydrogens (tertiary/aromatic N) is 1. The van der Waals surface area contributed by atoms with Crippen molar-refractivity contribution in [2.45, 2.75) is 32.4 Å². The Kier molecular flexibility index (Phi) is 3.76. The summed E-state index contributed by atoms with van der Waals surface area (Å²) in [6.07, 6.45) is 0.324. The van der Waals surface area contributed by atoms with E-state index < -0.39 is 0 Å². The largest absolute Gasteiger partial charge is 0.274 e. The fourth-order valence-electron chi connectivity index (χ4n) is 2.24. The molecule has 2 rings (SSSR count). The SMILES string of the molecule is CCSC1CC(=O)N(c2ccc(C)cc2C)C1=O. The second kappa shape index (κ2) is 5.14. The Hall–Kier alpha value is -1.29. The molecule has 1 heterocycles. The lowest BCUT2D eigenvalue weighted by Crippen LogP contribution is -2.31. The summed E-state index contributed by atoms with van der Waals surface area (Å²) in [5.41, 5.74) is 2.84. The highest BCUT2D eigenvalue weighted by molar-refractivity contribution is 8.00. The van der Waals surface area contributed by atoms with Gasteiger partial charge in [0.1, 0.15) is 0 Å². The van der Waals surface area contributed by atoms with E-state index in [4.69, 9.17) is 0 Å². The van der Waals surface area contributed by atoms with Gasteiger partial charge >= 0.3 is 0 Å². The third-order valence-corrected chi connectivity index (χ3v) is 4.17. The molecule has 96 valence electrons. The van der Waals surface area contributed by atoms with Gasteiger partial charge in [-0.05, 0) is 31.2 Å².